The molecule has 0 saturated heterocycles. The van der Waals surface area contributed by atoms with E-state index in [9.17, 15) is 43.9 Å². The second-order valence-electron chi connectivity index (χ2n) is 8.93. The fourth-order valence-corrected chi connectivity index (χ4v) is 4.44. The quantitative estimate of drug-likeness (QED) is 0.406. The summed E-state index contributed by atoms with van der Waals surface area (Å²) in [5, 5.41) is 0. The van der Waals surface area contributed by atoms with E-state index in [1.54, 1.807) is 6.92 Å². The standard InChI is InChI=1S/C17H21F11/c1-9-6-5-7-11(4,10(9,2)3)8-12(18)13(19,20)15(23,24)17(27,28)16(25,26)14(12,21)22/h9H,5-8H2,1-4H3. The van der Waals surface area contributed by atoms with E-state index < -0.39 is 52.5 Å². The first-order valence-electron chi connectivity index (χ1n) is 8.66. The second-order valence-corrected chi connectivity index (χ2v) is 8.93. The Morgan fingerprint density at radius 3 is 1.39 bits per heavy atom. The molecule has 0 aliphatic heterocycles. The van der Waals surface area contributed by atoms with Gasteiger partial charge in [0.1, 0.15) is 0 Å². The highest BCUT2D eigenvalue weighted by Gasteiger charge is 3.01. The molecule has 11 heteroatoms. The van der Waals surface area contributed by atoms with Crippen molar-refractivity contribution < 1.29 is 48.3 Å². The van der Waals surface area contributed by atoms with Gasteiger partial charge in [0.2, 0.25) is 5.67 Å². The minimum Gasteiger partial charge on any atom is -0.230 e. The van der Waals surface area contributed by atoms with Crippen molar-refractivity contribution in [3.63, 3.8) is 0 Å². The molecule has 2 saturated carbocycles. The first-order valence-corrected chi connectivity index (χ1v) is 8.66. The Balaban J connectivity index is 2.73. The molecule has 0 spiro atoms. The van der Waals surface area contributed by atoms with Gasteiger partial charge in [-0.15, -0.1) is 0 Å². The minimum atomic E-state index is -7.15. The van der Waals surface area contributed by atoms with Crippen molar-refractivity contribution in [2.75, 3.05) is 0 Å². The summed E-state index contributed by atoms with van der Waals surface area (Å²) in [6.45, 7) is 5.43. The molecule has 0 aromatic heterocycles. The first kappa shape index (κ1) is 23.5. The van der Waals surface area contributed by atoms with Crippen LogP contribution in [0.1, 0.15) is 53.4 Å². The van der Waals surface area contributed by atoms with Crippen molar-refractivity contribution >= 4 is 0 Å². The number of alkyl halides is 11. The number of hydrogen-bond donors (Lipinski definition) is 0. The van der Waals surface area contributed by atoms with Crippen LogP contribution in [-0.4, -0.2) is 35.3 Å². The highest BCUT2D eigenvalue weighted by Crippen LogP contribution is 2.72. The predicted octanol–water partition coefficient (Wildman–Crippen LogP) is 7.13. The molecule has 0 aromatic carbocycles. The Labute approximate surface area is 154 Å². The maximum Gasteiger partial charge on any atom is 0.384 e. The smallest absolute Gasteiger partial charge is 0.230 e. The summed E-state index contributed by atoms with van der Waals surface area (Å²) in [6.07, 6.45) is -1.62. The van der Waals surface area contributed by atoms with Crippen molar-refractivity contribution in [2.24, 2.45) is 16.7 Å². The lowest BCUT2D eigenvalue weighted by molar-refractivity contribution is -0.488. The Morgan fingerprint density at radius 1 is 0.643 bits per heavy atom. The Hall–Kier alpha value is -0.770. The van der Waals surface area contributed by atoms with Gasteiger partial charge in [-0.25, -0.2) is 4.39 Å². The van der Waals surface area contributed by atoms with Crippen LogP contribution < -0.4 is 0 Å². The topological polar surface area (TPSA) is 0 Å². The third-order valence-electron chi connectivity index (χ3n) is 7.36. The van der Waals surface area contributed by atoms with Crippen LogP contribution in [0.15, 0.2) is 0 Å². The van der Waals surface area contributed by atoms with E-state index in [0.717, 1.165) is 6.92 Å². The van der Waals surface area contributed by atoms with Crippen LogP contribution in [0.4, 0.5) is 48.3 Å². The van der Waals surface area contributed by atoms with Gasteiger partial charge >= 0.3 is 29.6 Å². The Morgan fingerprint density at radius 2 is 1.00 bits per heavy atom. The van der Waals surface area contributed by atoms with Crippen molar-refractivity contribution in [3.05, 3.63) is 0 Å². The van der Waals surface area contributed by atoms with Crippen LogP contribution in [0.25, 0.3) is 0 Å². The van der Waals surface area contributed by atoms with Crippen LogP contribution in [0.5, 0.6) is 0 Å². The molecule has 2 fully saturated rings. The summed E-state index contributed by atoms with van der Waals surface area (Å²) in [5.74, 6) is -35.1. The van der Waals surface area contributed by atoms with Crippen molar-refractivity contribution in [3.8, 4) is 0 Å². The van der Waals surface area contributed by atoms with Crippen molar-refractivity contribution in [1.82, 2.24) is 0 Å². The number of hydrogen-bond acceptors (Lipinski definition) is 0. The lowest BCUT2D eigenvalue weighted by atomic mass is 9.50. The zero-order valence-electron chi connectivity index (χ0n) is 15.6. The van der Waals surface area contributed by atoms with Gasteiger partial charge in [-0.2, -0.15) is 43.9 Å². The highest BCUT2D eigenvalue weighted by molar-refractivity contribution is 5.27. The Kier molecular flexibility index (Phi) is 4.77. The van der Waals surface area contributed by atoms with Crippen LogP contribution >= 0.6 is 0 Å². The van der Waals surface area contributed by atoms with E-state index in [0.29, 0.717) is 6.42 Å². The molecular weight excluding hydrogens is 413 g/mol. The molecule has 28 heavy (non-hydrogen) atoms. The molecular formula is C17H21F11. The maximum absolute atomic E-state index is 15.2. The van der Waals surface area contributed by atoms with E-state index in [1.165, 1.54) is 13.8 Å². The molecule has 0 radical (unpaired) electrons. The SMILES string of the molecule is CC1CCCC(C)(CC2(F)C(F)(F)C(F)(F)C(F)(F)C(F)(F)C2(F)F)C1(C)C. The van der Waals surface area contributed by atoms with Gasteiger partial charge < -0.3 is 0 Å². The molecule has 0 aromatic rings. The molecule has 0 amide bonds. The van der Waals surface area contributed by atoms with Gasteiger partial charge in [-0.3, -0.25) is 0 Å². The predicted molar refractivity (Wildman–Crippen MR) is 78.1 cm³/mol. The summed E-state index contributed by atoms with van der Waals surface area (Å²) in [7, 11) is 0. The van der Waals surface area contributed by atoms with E-state index in [1.807, 2.05) is 0 Å². The van der Waals surface area contributed by atoms with E-state index >= 15 is 4.39 Å². The molecule has 2 atom stereocenters. The molecule has 166 valence electrons. The van der Waals surface area contributed by atoms with Gasteiger partial charge in [0, 0.05) is 0 Å². The van der Waals surface area contributed by atoms with E-state index in [-0.39, 0.29) is 18.8 Å². The molecule has 0 heterocycles. The molecule has 2 aliphatic rings. The third-order valence-corrected chi connectivity index (χ3v) is 7.36. The van der Waals surface area contributed by atoms with Gasteiger partial charge in [0.15, 0.2) is 0 Å². The molecule has 0 bridgehead atoms. The zero-order valence-corrected chi connectivity index (χ0v) is 15.6. The molecule has 2 rings (SSSR count). The molecule has 0 N–H and O–H groups in total. The largest absolute Gasteiger partial charge is 0.384 e. The molecule has 2 aliphatic carbocycles. The number of halogens is 11. The zero-order chi connectivity index (χ0) is 22.4. The first-order chi connectivity index (χ1) is 12.1. The van der Waals surface area contributed by atoms with Crippen molar-refractivity contribution in [1.29, 1.82) is 0 Å². The minimum absolute atomic E-state index is 0.199. The van der Waals surface area contributed by atoms with Crippen molar-refractivity contribution in [2.45, 2.75) is 88.7 Å². The summed E-state index contributed by atoms with van der Waals surface area (Å²) in [5.41, 5.74) is -8.94. The van der Waals surface area contributed by atoms with E-state index in [4.69, 9.17) is 0 Å². The second kappa shape index (κ2) is 5.68. The van der Waals surface area contributed by atoms with Crippen LogP contribution in [0.2, 0.25) is 0 Å². The van der Waals surface area contributed by atoms with Gasteiger partial charge in [0.05, 0.1) is 0 Å². The fourth-order valence-electron chi connectivity index (χ4n) is 4.44. The van der Waals surface area contributed by atoms with Gasteiger partial charge in [-0.1, -0.05) is 40.5 Å². The third kappa shape index (κ3) is 2.24. The molecule has 2 unspecified atom stereocenters. The summed E-state index contributed by atoms with van der Waals surface area (Å²) in [4.78, 5) is 0. The highest BCUT2D eigenvalue weighted by atomic mass is 19.4. The normalized spacial score (nSPS) is 39.3. The maximum atomic E-state index is 15.2. The number of rotatable bonds is 2. The summed E-state index contributed by atoms with van der Waals surface area (Å²) in [6, 6.07) is 0. The lowest BCUT2D eigenvalue weighted by Crippen LogP contribution is -2.84. The van der Waals surface area contributed by atoms with Crippen LogP contribution in [0.3, 0.4) is 0 Å². The Bertz CT molecular complexity index is 607. The summed E-state index contributed by atoms with van der Waals surface area (Å²) < 4.78 is 154. The molecule has 0 nitrogen and oxygen atoms in total. The van der Waals surface area contributed by atoms with Crippen LogP contribution in [0, 0.1) is 16.7 Å². The van der Waals surface area contributed by atoms with E-state index in [2.05, 4.69) is 0 Å². The average Bonchev–Trinajstić information content (AvgIpc) is 2.51. The monoisotopic (exact) mass is 434 g/mol. The lowest BCUT2D eigenvalue weighted by Gasteiger charge is -2.58. The van der Waals surface area contributed by atoms with Crippen LogP contribution in [-0.2, 0) is 0 Å². The van der Waals surface area contributed by atoms with Gasteiger partial charge in [0.25, 0.3) is 0 Å². The fraction of sp³-hybridized carbons (Fsp3) is 1.00. The summed E-state index contributed by atoms with van der Waals surface area (Å²) >= 11 is 0. The average molecular weight is 434 g/mol. The van der Waals surface area contributed by atoms with Gasteiger partial charge in [-0.05, 0) is 29.6 Å².